The Morgan fingerprint density at radius 3 is 2.36 bits per heavy atom. The average molecular weight is 598 g/mol. The number of amides is 2. The molecule has 0 unspecified atom stereocenters. The Kier molecular flexibility index (Phi) is 9.50. The van der Waals surface area contributed by atoms with Gasteiger partial charge in [0.25, 0.3) is 11.8 Å². The van der Waals surface area contributed by atoms with E-state index in [0.29, 0.717) is 43.7 Å². The number of pyridine rings is 2. The Morgan fingerprint density at radius 1 is 0.955 bits per heavy atom. The molecule has 2 amide bonds. The van der Waals surface area contributed by atoms with E-state index in [4.69, 9.17) is 4.74 Å². The summed E-state index contributed by atoms with van der Waals surface area (Å²) >= 11 is 0. The van der Waals surface area contributed by atoms with Gasteiger partial charge in [0.05, 0.1) is 6.20 Å². The van der Waals surface area contributed by atoms with Crippen molar-refractivity contribution < 1.29 is 23.8 Å². The maximum atomic E-state index is 14.3. The van der Waals surface area contributed by atoms with Gasteiger partial charge in [-0.3, -0.25) is 9.59 Å². The lowest BCUT2D eigenvalue weighted by molar-refractivity contribution is 0.0887. The summed E-state index contributed by atoms with van der Waals surface area (Å²) in [4.78, 5) is 36.3. The van der Waals surface area contributed by atoms with Crippen LogP contribution in [-0.4, -0.2) is 58.0 Å². The monoisotopic (exact) mass is 597 g/mol. The van der Waals surface area contributed by atoms with Crippen LogP contribution in [0.2, 0.25) is 0 Å². The van der Waals surface area contributed by atoms with Gasteiger partial charge >= 0.3 is 0 Å². The highest BCUT2D eigenvalue weighted by Gasteiger charge is 2.26. The molecule has 2 heterocycles. The molecule has 1 saturated carbocycles. The van der Waals surface area contributed by atoms with Crippen LogP contribution in [0.5, 0.6) is 17.4 Å². The molecular weight excluding hydrogens is 561 g/mol. The number of ether oxygens (including phenoxy) is 1. The van der Waals surface area contributed by atoms with E-state index in [2.05, 4.69) is 20.6 Å². The first-order valence-electron chi connectivity index (χ1n) is 14.6. The molecule has 1 aliphatic carbocycles. The predicted molar refractivity (Wildman–Crippen MR) is 165 cm³/mol. The fourth-order valence-corrected chi connectivity index (χ4v) is 5.42. The summed E-state index contributed by atoms with van der Waals surface area (Å²) in [5.41, 5.74) is 3.87. The summed E-state index contributed by atoms with van der Waals surface area (Å²) in [6.07, 6.45) is 3.70. The van der Waals surface area contributed by atoms with Crippen LogP contribution in [0, 0.1) is 12.7 Å². The largest absolute Gasteiger partial charge is 0.508 e. The molecule has 228 valence electrons. The van der Waals surface area contributed by atoms with Crippen molar-refractivity contribution in [3.05, 3.63) is 101 Å². The molecule has 0 radical (unpaired) electrons. The van der Waals surface area contributed by atoms with E-state index < -0.39 is 11.7 Å². The molecule has 0 spiro atoms. The zero-order valence-electron chi connectivity index (χ0n) is 25.0. The number of phenols is 1. The van der Waals surface area contributed by atoms with E-state index in [9.17, 15) is 19.1 Å². The Labute approximate surface area is 256 Å². The number of carbonyl (C=O) groups is 2. The Balaban J connectivity index is 1.25. The first-order chi connectivity index (χ1) is 21.1. The van der Waals surface area contributed by atoms with Gasteiger partial charge < -0.3 is 25.4 Å². The number of carbonyl (C=O) groups excluding carboxylic acids is 2. The van der Waals surface area contributed by atoms with Crippen molar-refractivity contribution in [2.75, 3.05) is 14.1 Å². The molecule has 1 fully saturated rings. The molecule has 2 aromatic carbocycles. The molecule has 0 aliphatic heterocycles. The fraction of sp³-hybridized carbons (Fsp3) is 0.294. The number of phenolic OH excluding ortho intramolecular Hbond substituents is 1. The van der Waals surface area contributed by atoms with Gasteiger partial charge in [0.2, 0.25) is 5.88 Å². The molecule has 0 bridgehead atoms. The number of aromatic hydroxyl groups is 1. The lowest BCUT2D eigenvalue weighted by atomic mass is 9.91. The summed E-state index contributed by atoms with van der Waals surface area (Å²) in [6.45, 7) is 2.46. The third-order valence-electron chi connectivity index (χ3n) is 7.52. The second-order valence-corrected chi connectivity index (χ2v) is 11.4. The van der Waals surface area contributed by atoms with E-state index >= 15 is 0 Å². The Bertz CT molecular complexity index is 1650. The molecule has 3 N–H and O–H groups in total. The van der Waals surface area contributed by atoms with E-state index in [1.54, 1.807) is 30.3 Å². The minimum absolute atomic E-state index is 0.00530. The van der Waals surface area contributed by atoms with Gasteiger partial charge in [-0.2, -0.15) is 0 Å². The third kappa shape index (κ3) is 7.76. The molecule has 4 aromatic rings. The SMILES string of the molecule is Cc1cccc(C(=O)N[C@H]2CC[C@@H](NC(=O)c3cc(F)cnc3Oc3cccc(-c4ccc(O)cc4CN(C)C)c3)CC2)n1. The number of aromatic nitrogens is 2. The lowest BCUT2D eigenvalue weighted by Crippen LogP contribution is -2.44. The molecule has 44 heavy (non-hydrogen) atoms. The first kappa shape index (κ1) is 30.6. The fourth-order valence-electron chi connectivity index (χ4n) is 5.42. The molecule has 9 nitrogen and oxygen atoms in total. The maximum Gasteiger partial charge on any atom is 0.270 e. The summed E-state index contributed by atoms with van der Waals surface area (Å²) in [5.74, 6) is -0.735. The van der Waals surface area contributed by atoms with Crippen molar-refractivity contribution in [1.29, 1.82) is 0 Å². The smallest absolute Gasteiger partial charge is 0.270 e. The highest BCUT2D eigenvalue weighted by Crippen LogP contribution is 2.32. The van der Waals surface area contributed by atoms with Crippen LogP contribution in [0.1, 0.15) is 57.8 Å². The van der Waals surface area contributed by atoms with E-state index in [-0.39, 0.29) is 35.2 Å². The summed E-state index contributed by atoms with van der Waals surface area (Å²) in [7, 11) is 3.90. The van der Waals surface area contributed by atoms with Gasteiger partial charge in [-0.05, 0) is 106 Å². The Morgan fingerprint density at radius 2 is 1.66 bits per heavy atom. The van der Waals surface area contributed by atoms with Crippen molar-refractivity contribution in [3.8, 4) is 28.5 Å². The molecule has 0 atom stereocenters. The van der Waals surface area contributed by atoms with Gasteiger partial charge in [-0.15, -0.1) is 0 Å². The summed E-state index contributed by atoms with van der Waals surface area (Å²) < 4.78 is 20.3. The van der Waals surface area contributed by atoms with Crippen LogP contribution in [0.25, 0.3) is 11.1 Å². The third-order valence-corrected chi connectivity index (χ3v) is 7.52. The van der Waals surface area contributed by atoms with Crippen LogP contribution >= 0.6 is 0 Å². The molecular formula is C34H36FN5O4. The second-order valence-electron chi connectivity index (χ2n) is 11.4. The quantitative estimate of drug-likeness (QED) is 0.229. The van der Waals surface area contributed by atoms with E-state index in [1.807, 2.05) is 56.3 Å². The second kappa shape index (κ2) is 13.6. The number of nitrogens with one attached hydrogen (secondary N) is 2. The zero-order chi connectivity index (χ0) is 31.2. The van der Waals surface area contributed by atoms with Crippen molar-refractivity contribution in [3.63, 3.8) is 0 Å². The minimum atomic E-state index is -0.648. The molecule has 1 aliphatic rings. The summed E-state index contributed by atoms with van der Waals surface area (Å²) in [5, 5.41) is 16.1. The average Bonchev–Trinajstić information content (AvgIpc) is 2.99. The van der Waals surface area contributed by atoms with E-state index in [1.165, 1.54) is 0 Å². The predicted octanol–water partition coefficient (Wildman–Crippen LogP) is 5.62. The van der Waals surface area contributed by atoms with Gasteiger partial charge in [0, 0.05) is 24.3 Å². The van der Waals surface area contributed by atoms with Gasteiger partial charge in [-0.25, -0.2) is 14.4 Å². The maximum absolute atomic E-state index is 14.3. The minimum Gasteiger partial charge on any atom is -0.508 e. The van der Waals surface area contributed by atoms with Crippen molar-refractivity contribution in [1.82, 2.24) is 25.5 Å². The van der Waals surface area contributed by atoms with Crippen LogP contribution < -0.4 is 15.4 Å². The normalized spacial score (nSPS) is 16.4. The highest BCUT2D eigenvalue weighted by atomic mass is 19.1. The van der Waals surface area contributed by atoms with Gasteiger partial charge in [0.15, 0.2) is 0 Å². The molecule has 2 aromatic heterocycles. The van der Waals surface area contributed by atoms with Crippen molar-refractivity contribution in [2.24, 2.45) is 0 Å². The summed E-state index contributed by atoms with van der Waals surface area (Å²) in [6, 6.07) is 18.8. The molecule has 0 saturated heterocycles. The first-order valence-corrected chi connectivity index (χ1v) is 14.6. The standard InChI is InChI=1S/C34H36FN5O4/c1-21-6-4-9-31(37-21)33(43)39-26-12-10-25(11-13-26)38-32(42)30-18-24(35)19-36-34(30)44-28-8-5-7-22(17-28)29-15-14-27(41)16-23(29)20-40(2)3/h4-9,14-19,25-26,41H,10-13,20H2,1-3H3,(H,38,42)(H,39,43)/t25-,26+. The van der Waals surface area contributed by atoms with Crippen molar-refractivity contribution >= 4 is 11.8 Å². The number of aryl methyl sites for hydroxylation is 1. The Hall–Kier alpha value is -4.83. The number of hydrogen-bond acceptors (Lipinski definition) is 7. The lowest BCUT2D eigenvalue weighted by Gasteiger charge is -2.29. The molecule has 5 rings (SSSR count). The highest BCUT2D eigenvalue weighted by molar-refractivity contribution is 5.96. The van der Waals surface area contributed by atoms with Crippen molar-refractivity contribution in [2.45, 2.75) is 51.2 Å². The number of hydrogen-bond donors (Lipinski definition) is 3. The van der Waals surface area contributed by atoms with Crippen LogP contribution in [0.15, 0.2) is 72.9 Å². The number of halogens is 1. The van der Waals surface area contributed by atoms with Crippen LogP contribution in [0.4, 0.5) is 4.39 Å². The topological polar surface area (TPSA) is 117 Å². The van der Waals surface area contributed by atoms with Crippen LogP contribution in [-0.2, 0) is 6.54 Å². The van der Waals surface area contributed by atoms with Crippen LogP contribution in [0.3, 0.4) is 0 Å². The van der Waals surface area contributed by atoms with E-state index in [0.717, 1.165) is 34.6 Å². The number of benzene rings is 2. The zero-order valence-corrected chi connectivity index (χ0v) is 25.0. The molecule has 10 heteroatoms. The number of rotatable bonds is 9. The van der Waals surface area contributed by atoms with Gasteiger partial charge in [-0.1, -0.05) is 24.3 Å². The number of nitrogens with zero attached hydrogens (tertiary/aromatic N) is 3. The van der Waals surface area contributed by atoms with Gasteiger partial charge in [0.1, 0.15) is 28.6 Å².